The lowest BCUT2D eigenvalue weighted by molar-refractivity contribution is -0.130. The van der Waals surface area contributed by atoms with Gasteiger partial charge in [0.25, 0.3) is 0 Å². The van der Waals surface area contributed by atoms with E-state index in [0.29, 0.717) is 25.0 Å². The number of nitrogens with two attached hydrogens (primary N) is 1. The minimum Gasteiger partial charge on any atom is -0.378 e. The van der Waals surface area contributed by atoms with Crippen molar-refractivity contribution in [1.82, 2.24) is 4.90 Å². The molecule has 2 fully saturated rings. The van der Waals surface area contributed by atoms with Crippen LogP contribution in [-0.4, -0.2) is 43.2 Å². The molecular formula is C12H22N2O2. The molecule has 0 bridgehead atoms. The molecule has 0 saturated carbocycles. The zero-order valence-corrected chi connectivity index (χ0v) is 9.86. The first-order valence-corrected chi connectivity index (χ1v) is 6.39. The van der Waals surface area contributed by atoms with Crippen LogP contribution in [-0.2, 0) is 9.53 Å². The lowest BCUT2D eigenvalue weighted by atomic mass is 10.1. The SMILES string of the molecule is NCC1CCN(C(=O)CCC2CCCO2)C1. The quantitative estimate of drug-likeness (QED) is 0.769. The number of ether oxygens (including phenoxy) is 1. The van der Waals surface area contributed by atoms with Gasteiger partial charge in [0.2, 0.25) is 5.91 Å². The minimum absolute atomic E-state index is 0.284. The Hall–Kier alpha value is -0.610. The van der Waals surface area contributed by atoms with Crippen molar-refractivity contribution in [3.05, 3.63) is 0 Å². The Balaban J connectivity index is 1.67. The average Bonchev–Trinajstić information content (AvgIpc) is 2.96. The van der Waals surface area contributed by atoms with Crippen LogP contribution in [0.2, 0.25) is 0 Å². The Morgan fingerprint density at radius 2 is 2.31 bits per heavy atom. The second kappa shape index (κ2) is 5.64. The fourth-order valence-electron chi connectivity index (χ4n) is 2.57. The van der Waals surface area contributed by atoms with Gasteiger partial charge in [-0.3, -0.25) is 4.79 Å². The van der Waals surface area contributed by atoms with Gasteiger partial charge in [-0.2, -0.15) is 0 Å². The zero-order chi connectivity index (χ0) is 11.4. The lowest BCUT2D eigenvalue weighted by Crippen LogP contribution is -2.30. The molecule has 4 nitrogen and oxygen atoms in total. The first-order valence-electron chi connectivity index (χ1n) is 6.39. The van der Waals surface area contributed by atoms with Gasteiger partial charge in [-0.15, -0.1) is 0 Å². The van der Waals surface area contributed by atoms with E-state index in [2.05, 4.69) is 0 Å². The third-order valence-corrected chi connectivity index (χ3v) is 3.68. The Labute approximate surface area is 97.1 Å². The fraction of sp³-hybridized carbons (Fsp3) is 0.917. The van der Waals surface area contributed by atoms with Crippen LogP contribution in [0.1, 0.15) is 32.1 Å². The summed E-state index contributed by atoms with van der Waals surface area (Å²) < 4.78 is 5.52. The van der Waals surface area contributed by atoms with Gasteiger partial charge >= 0.3 is 0 Å². The van der Waals surface area contributed by atoms with E-state index in [1.54, 1.807) is 0 Å². The largest absolute Gasteiger partial charge is 0.378 e. The number of carbonyl (C=O) groups is 1. The van der Waals surface area contributed by atoms with Crippen molar-refractivity contribution in [2.45, 2.75) is 38.2 Å². The van der Waals surface area contributed by atoms with Gasteiger partial charge in [0.1, 0.15) is 0 Å². The van der Waals surface area contributed by atoms with Crippen molar-refractivity contribution in [2.75, 3.05) is 26.2 Å². The first kappa shape index (κ1) is 11.9. The highest BCUT2D eigenvalue weighted by Gasteiger charge is 2.26. The normalized spacial score (nSPS) is 29.9. The molecule has 0 aromatic heterocycles. The summed E-state index contributed by atoms with van der Waals surface area (Å²) in [5.74, 6) is 0.804. The summed E-state index contributed by atoms with van der Waals surface area (Å²) >= 11 is 0. The molecule has 0 aromatic carbocycles. The van der Waals surface area contributed by atoms with Gasteiger partial charge in [0.05, 0.1) is 6.10 Å². The summed E-state index contributed by atoms with van der Waals surface area (Å²) in [7, 11) is 0. The van der Waals surface area contributed by atoms with E-state index in [-0.39, 0.29) is 5.91 Å². The summed E-state index contributed by atoms with van der Waals surface area (Å²) in [6, 6.07) is 0. The van der Waals surface area contributed by atoms with Crippen molar-refractivity contribution >= 4 is 5.91 Å². The summed E-state index contributed by atoms with van der Waals surface area (Å²) in [6.45, 7) is 3.33. The summed E-state index contributed by atoms with van der Waals surface area (Å²) in [4.78, 5) is 13.9. The Morgan fingerprint density at radius 1 is 1.44 bits per heavy atom. The predicted octanol–water partition coefficient (Wildman–Crippen LogP) is 0.753. The molecule has 4 heteroatoms. The highest BCUT2D eigenvalue weighted by molar-refractivity contribution is 5.76. The third-order valence-electron chi connectivity index (χ3n) is 3.68. The van der Waals surface area contributed by atoms with E-state index in [0.717, 1.165) is 45.4 Å². The highest BCUT2D eigenvalue weighted by atomic mass is 16.5. The number of rotatable bonds is 4. The van der Waals surface area contributed by atoms with E-state index in [1.165, 1.54) is 0 Å². The molecule has 2 aliphatic rings. The maximum atomic E-state index is 11.9. The average molecular weight is 226 g/mol. The molecule has 1 amide bonds. The van der Waals surface area contributed by atoms with E-state index in [9.17, 15) is 4.79 Å². The van der Waals surface area contributed by atoms with Crippen LogP contribution in [0.3, 0.4) is 0 Å². The maximum Gasteiger partial charge on any atom is 0.222 e. The Kier molecular flexibility index (Phi) is 4.18. The van der Waals surface area contributed by atoms with Crippen LogP contribution in [0, 0.1) is 5.92 Å². The maximum absolute atomic E-state index is 11.9. The Bertz CT molecular complexity index is 239. The molecule has 92 valence electrons. The summed E-state index contributed by atoms with van der Waals surface area (Å²) in [6.07, 6.45) is 5.21. The van der Waals surface area contributed by atoms with Gasteiger partial charge in [0.15, 0.2) is 0 Å². The fourth-order valence-corrected chi connectivity index (χ4v) is 2.57. The second-order valence-corrected chi connectivity index (χ2v) is 4.90. The smallest absolute Gasteiger partial charge is 0.222 e. The van der Waals surface area contributed by atoms with Crippen molar-refractivity contribution in [3.63, 3.8) is 0 Å². The van der Waals surface area contributed by atoms with E-state index < -0.39 is 0 Å². The molecule has 2 aliphatic heterocycles. The van der Waals surface area contributed by atoms with Crippen molar-refractivity contribution < 1.29 is 9.53 Å². The molecule has 0 radical (unpaired) electrons. The van der Waals surface area contributed by atoms with Crippen molar-refractivity contribution in [2.24, 2.45) is 11.7 Å². The summed E-state index contributed by atoms with van der Waals surface area (Å²) in [5.41, 5.74) is 5.61. The number of likely N-dealkylation sites (tertiary alicyclic amines) is 1. The standard InChI is InChI=1S/C12H22N2O2/c13-8-10-5-6-14(9-10)12(15)4-3-11-2-1-7-16-11/h10-11H,1-9,13H2. The van der Waals surface area contributed by atoms with Crippen LogP contribution in [0.15, 0.2) is 0 Å². The lowest BCUT2D eigenvalue weighted by Gasteiger charge is -2.17. The summed E-state index contributed by atoms with van der Waals surface area (Å²) in [5, 5.41) is 0. The number of amides is 1. The number of carbonyl (C=O) groups excluding carboxylic acids is 1. The molecule has 0 aromatic rings. The first-order chi connectivity index (χ1) is 7.79. The van der Waals surface area contributed by atoms with Gasteiger partial charge in [-0.25, -0.2) is 0 Å². The number of nitrogens with zero attached hydrogens (tertiary/aromatic N) is 1. The molecule has 16 heavy (non-hydrogen) atoms. The molecule has 0 spiro atoms. The predicted molar refractivity (Wildman–Crippen MR) is 61.9 cm³/mol. The van der Waals surface area contributed by atoms with Gasteiger partial charge in [0, 0.05) is 26.1 Å². The van der Waals surface area contributed by atoms with Crippen LogP contribution in [0.5, 0.6) is 0 Å². The molecule has 2 rings (SSSR count). The monoisotopic (exact) mass is 226 g/mol. The molecule has 2 saturated heterocycles. The van der Waals surface area contributed by atoms with Crippen LogP contribution < -0.4 is 5.73 Å². The van der Waals surface area contributed by atoms with Gasteiger partial charge < -0.3 is 15.4 Å². The van der Waals surface area contributed by atoms with E-state index >= 15 is 0 Å². The molecule has 0 aliphatic carbocycles. The van der Waals surface area contributed by atoms with Crippen LogP contribution in [0.4, 0.5) is 0 Å². The van der Waals surface area contributed by atoms with Gasteiger partial charge in [-0.1, -0.05) is 0 Å². The van der Waals surface area contributed by atoms with Crippen molar-refractivity contribution in [3.8, 4) is 0 Å². The molecule has 2 heterocycles. The molecule has 2 atom stereocenters. The second-order valence-electron chi connectivity index (χ2n) is 4.90. The Morgan fingerprint density at radius 3 is 2.94 bits per heavy atom. The van der Waals surface area contributed by atoms with Crippen LogP contribution >= 0.6 is 0 Å². The van der Waals surface area contributed by atoms with E-state index in [4.69, 9.17) is 10.5 Å². The molecule has 2 unspecified atom stereocenters. The third kappa shape index (κ3) is 2.95. The number of hydrogen-bond donors (Lipinski definition) is 1. The number of hydrogen-bond acceptors (Lipinski definition) is 3. The zero-order valence-electron chi connectivity index (χ0n) is 9.86. The minimum atomic E-state index is 0.284. The molecule has 2 N–H and O–H groups in total. The van der Waals surface area contributed by atoms with Gasteiger partial charge in [-0.05, 0) is 38.1 Å². The molecular weight excluding hydrogens is 204 g/mol. The van der Waals surface area contributed by atoms with Crippen molar-refractivity contribution in [1.29, 1.82) is 0 Å². The van der Waals surface area contributed by atoms with E-state index in [1.807, 2.05) is 4.90 Å². The topological polar surface area (TPSA) is 55.6 Å². The van der Waals surface area contributed by atoms with Crippen LogP contribution in [0.25, 0.3) is 0 Å². The highest BCUT2D eigenvalue weighted by Crippen LogP contribution is 2.20.